The van der Waals surface area contributed by atoms with Gasteiger partial charge in [-0.25, -0.2) is 5.43 Å². The van der Waals surface area contributed by atoms with Gasteiger partial charge in [-0.1, -0.05) is 40.0 Å². The Morgan fingerprint density at radius 1 is 1.24 bits per heavy atom. The van der Waals surface area contributed by atoms with Crippen LogP contribution in [-0.2, 0) is 4.79 Å². The van der Waals surface area contributed by atoms with Crippen molar-refractivity contribution < 1.29 is 4.79 Å². The number of nitrogens with one attached hydrogen (secondary N) is 1. The number of hydrogen-bond donors (Lipinski definition) is 1. The summed E-state index contributed by atoms with van der Waals surface area (Å²) >= 11 is 0. The van der Waals surface area contributed by atoms with Crippen LogP contribution >= 0.6 is 0 Å². The molecule has 1 N–H and O–H groups in total. The van der Waals surface area contributed by atoms with E-state index in [0.29, 0.717) is 5.92 Å². The van der Waals surface area contributed by atoms with Crippen molar-refractivity contribution in [1.82, 2.24) is 5.43 Å². The summed E-state index contributed by atoms with van der Waals surface area (Å²) in [6.45, 7) is 8.18. The fourth-order valence-electron chi connectivity index (χ4n) is 2.40. The molecule has 1 rings (SSSR count). The molecule has 0 unspecified atom stereocenters. The summed E-state index contributed by atoms with van der Waals surface area (Å²) in [7, 11) is 0. The van der Waals surface area contributed by atoms with Crippen molar-refractivity contribution in [2.45, 2.75) is 66.2 Å². The van der Waals surface area contributed by atoms with Crippen LogP contribution in [0.1, 0.15) is 66.2 Å². The van der Waals surface area contributed by atoms with E-state index in [1.165, 1.54) is 44.7 Å². The fraction of sp³-hybridized carbons (Fsp3) is 0.857. The summed E-state index contributed by atoms with van der Waals surface area (Å²) in [5.74, 6) is 0.502. The molecule has 1 saturated carbocycles. The van der Waals surface area contributed by atoms with E-state index >= 15 is 0 Å². The highest BCUT2D eigenvalue weighted by Crippen LogP contribution is 2.30. The van der Waals surface area contributed by atoms with E-state index in [1.54, 1.807) is 0 Å². The molecule has 0 heterocycles. The van der Waals surface area contributed by atoms with Crippen LogP contribution in [0.2, 0.25) is 0 Å². The highest BCUT2D eigenvalue weighted by molar-refractivity contribution is 5.88. The number of carbonyl (C=O) groups excluding carboxylic acids is 1. The van der Waals surface area contributed by atoms with Crippen LogP contribution in [-0.4, -0.2) is 11.6 Å². The van der Waals surface area contributed by atoms with Gasteiger partial charge in [0.1, 0.15) is 0 Å². The Morgan fingerprint density at radius 3 is 2.29 bits per heavy atom. The minimum atomic E-state index is -0.0766. The van der Waals surface area contributed by atoms with E-state index in [1.807, 2.05) is 0 Å². The first-order valence-corrected chi connectivity index (χ1v) is 6.71. The van der Waals surface area contributed by atoms with Crippen LogP contribution < -0.4 is 5.43 Å². The third-order valence-corrected chi connectivity index (χ3v) is 3.14. The zero-order chi connectivity index (χ0) is 12.9. The Kier molecular flexibility index (Phi) is 5.16. The van der Waals surface area contributed by atoms with Gasteiger partial charge < -0.3 is 0 Å². The lowest BCUT2D eigenvalue weighted by Gasteiger charge is -2.27. The maximum absolute atomic E-state index is 11.0. The highest BCUT2D eigenvalue weighted by Gasteiger charge is 2.24. The summed E-state index contributed by atoms with van der Waals surface area (Å²) in [5.41, 5.74) is 4.03. The second-order valence-corrected chi connectivity index (χ2v) is 6.34. The fourth-order valence-corrected chi connectivity index (χ4v) is 2.40. The second kappa shape index (κ2) is 6.18. The van der Waals surface area contributed by atoms with Gasteiger partial charge in [0.15, 0.2) is 0 Å². The van der Waals surface area contributed by atoms with E-state index in [2.05, 4.69) is 31.3 Å². The van der Waals surface area contributed by atoms with Crippen LogP contribution in [0.5, 0.6) is 0 Å². The molecule has 3 heteroatoms. The van der Waals surface area contributed by atoms with Gasteiger partial charge >= 0.3 is 0 Å². The first kappa shape index (κ1) is 14.2. The predicted octanol–water partition coefficient (Wildman–Crippen LogP) is 3.50. The average molecular weight is 238 g/mol. The molecule has 0 radical (unpaired) electrons. The zero-order valence-electron chi connectivity index (χ0n) is 11.7. The van der Waals surface area contributed by atoms with Gasteiger partial charge in [-0.05, 0) is 30.6 Å². The molecule has 1 aliphatic rings. The average Bonchev–Trinajstić information content (AvgIpc) is 2.24. The van der Waals surface area contributed by atoms with Gasteiger partial charge in [0.2, 0.25) is 5.91 Å². The number of hydrogen-bond acceptors (Lipinski definition) is 2. The Morgan fingerprint density at radius 2 is 1.82 bits per heavy atom. The van der Waals surface area contributed by atoms with Crippen molar-refractivity contribution >= 4 is 11.6 Å². The third kappa shape index (κ3) is 5.85. The summed E-state index contributed by atoms with van der Waals surface area (Å²) in [4.78, 5) is 11.0. The first-order valence-electron chi connectivity index (χ1n) is 6.71. The summed E-state index contributed by atoms with van der Waals surface area (Å²) < 4.78 is 0. The van der Waals surface area contributed by atoms with Gasteiger partial charge in [0.05, 0.1) is 0 Å². The van der Waals surface area contributed by atoms with Crippen LogP contribution in [0.15, 0.2) is 5.10 Å². The van der Waals surface area contributed by atoms with Crippen molar-refractivity contribution in [3.8, 4) is 0 Å². The lowest BCUT2D eigenvalue weighted by molar-refractivity contribution is -0.118. The molecule has 1 amide bonds. The molecule has 17 heavy (non-hydrogen) atoms. The molecule has 0 aromatic carbocycles. The quantitative estimate of drug-likeness (QED) is 0.593. The number of rotatable bonds is 3. The molecule has 1 fully saturated rings. The molecule has 0 spiro atoms. The van der Waals surface area contributed by atoms with Crippen molar-refractivity contribution in [3.05, 3.63) is 0 Å². The van der Waals surface area contributed by atoms with Crippen molar-refractivity contribution in [2.24, 2.45) is 16.4 Å². The van der Waals surface area contributed by atoms with Crippen LogP contribution in [0, 0.1) is 11.3 Å². The number of nitrogens with zero attached hydrogens (tertiary/aromatic N) is 1. The molecule has 0 bridgehead atoms. The van der Waals surface area contributed by atoms with Gasteiger partial charge in [-0.3, -0.25) is 4.79 Å². The van der Waals surface area contributed by atoms with E-state index in [-0.39, 0.29) is 11.3 Å². The van der Waals surface area contributed by atoms with E-state index in [0.717, 1.165) is 6.42 Å². The standard InChI is InChI=1S/C14H26N2O/c1-11(17)15-16-13(10-14(2,3)4)12-8-6-5-7-9-12/h12H,5-10H2,1-4H3,(H,15,17)/b16-13-. The summed E-state index contributed by atoms with van der Waals surface area (Å²) in [6, 6.07) is 0. The maximum Gasteiger partial charge on any atom is 0.236 e. The predicted molar refractivity (Wildman–Crippen MR) is 71.9 cm³/mol. The van der Waals surface area contributed by atoms with Crippen molar-refractivity contribution in [2.75, 3.05) is 0 Å². The molecule has 1 aliphatic carbocycles. The lowest BCUT2D eigenvalue weighted by atomic mass is 9.79. The molecule has 0 atom stereocenters. The molecule has 3 nitrogen and oxygen atoms in total. The summed E-state index contributed by atoms with van der Waals surface area (Å²) in [6.07, 6.45) is 7.38. The van der Waals surface area contributed by atoms with Crippen LogP contribution in [0.25, 0.3) is 0 Å². The van der Waals surface area contributed by atoms with Gasteiger partial charge in [0, 0.05) is 12.6 Å². The molecular weight excluding hydrogens is 212 g/mol. The normalized spacial score (nSPS) is 19.2. The van der Waals surface area contributed by atoms with E-state index in [4.69, 9.17) is 0 Å². The molecule has 0 aromatic heterocycles. The highest BCUT2D eigenvalue weighted by atomic mass is 16.2. The maximum atomic E-state index is 11.0. The first-order chi connectivity index (χ1) is 7.88. The number of amides is 1. The van der Waals surface area contributed by atoms with Crippen molar-refractivity contribution in [3.63, 3.8) is 0 Å². The SMILES string of the molecule is CC(=O)N/N=C(/CC(C)(C)C)C1CCCCC1. The minimum absolute atomic E-state index is 0.0766. The third-order valence-electron chi connectivity index (χ3n) is 3.14. The summed E-state index contributed by atoms with van der Waals surface area (Å²) in [5, 5.41) is 4.35. The van der Waals surface area contributed by atoms with Gasteiger partial charge in [-0.2, -0.15) is 5.10 Å². The zero-order valence-corrected chi connectivity index (χ0v) is 11.7. The Bertz CT molecular complexity index is 283. The molecule has 0 aliphatic heterocycles. The Labute approximate surface area is 105 Å². The number of carbonyl (C=O) groups is 1. The topological polar surface area (TPSA) is 41.5 Å². The minimum Gasteiger partial charge on any atom is -0.274 e. The smallest absolute Gasteiger partial charge is 0.236 e. The van der Waals surface area contributed by atoms with Gasteiger partial charge in [-0.15, -0.1) is 0 Å². The number of hydrazone groups is 1. The monoisotopic (exact) mass is 238 g/mol. The van der Waals surface area contributed by atoms with Crippen LogP contribution in [0.3, 0.4) is 0 Å². The second-order valence-electron chi connectivity index (χ2n) is 6.34. The molecule has 0 saturated heterocycles. The van der Waals surface area contributed by atoms with Crippen LogP contribution in [0.4, 0.5) is 0 Å². The molecular formula is C14H26N2O. The Balaban J connectivity index is 2.69. The van der Waals surface area contributed by atoms with Gasteiger partial charge in [0.25, 0.3) is 0 Å². The largest absolute Gasteiger partial charge is 0.274 e. The molecule has 98 valence electrons. The van der Waals surface area contributed by atoms with Crippen molar-refractivity contribution in [1.29, 1.82) is 0 Å². The molecule has 0 aromatic rings. The lowest BCUT2D eigenvalue weighted by Crippen LogP contribution is -2.26. The Hall–Kier alpha value is -0.860. The van der Waals surface area contributed by atoms with E-state index < -0.39 is 0 Å². The van der Waals surface area contributed by atoms with E-state index in [9.17, 15) is 4.79 Å².